The predicted octanol–water partition coefficient (Wildman–Crippen LogP) is 3.67. The van der Waals surface area contributed by atoms with Gasteiger partial charge in [0.1, 0.15) is 5.82 Å². The van der Waals surface area contributed by atoms with Crippen LogP contribution in [0.1, 0.15) is 31.4 Å². The number of benzene rings is 1. The highest BCUT2D eigenvalue weighted by atomic mass is 79.9. The average Bonchev–Trinajstić information content (AvgIpc) is 2.81. The molecule has 0 saturated carbocycles. The van der Waals surface area contributed by atoms with Crippen LogP contribution in [0.3, 0.4) is 0 Å². The Bertz CT molecular complexity index is 399. The van der Waals surface area contributed by atoms with Crippen LogP contribution in [0.4, 0.5) is 4.39 Å². The number of halogens is 2. The van der Waals surface area contributed by atoms with E-state index < -0.39 is 0 Å². The van der Waals surface area contributed by atoms with E-state index in [0.717, 1.165) is 38.1 Å². The highest BCUT2D eigenvalue weighted by Crippen LogP contribution is 2.35. The van der Waals surface area contributed by atoms with Gasteiger partial charge in [-0.05, 0) is 53.0 Å². The van der Waals surface area contributed by atoms with Crippen molar-refractivity contribution in [3.05, 3.63) is 34.1 Å². The van der Waals surface area contributed by atoms with Gasteiger partial charge in [-0.2, -0.15) is 0 Å². The molecule has 2 rings (SSSR count). The van der Waals surface area contributed by atoms with Crippen molar-refractivity contribution in [2.45, 2.75) is 25.9 Å². The lowest BCUT2D eigenvalue weighted by Crippen LogP contribution is -2.25. The molecule has 0 spiro atoms. The van der Waals surface area contributed by atoms with Gasteiger partial charge >= 0.3 is 0 Å². The van der Waals surface area contributed by atoms with Crippen LogP contribution in [0.5, 0.6) is 0 Å². The summed E-state index contributed by atoms with van der Waals surface area (Å²) >= 11 is 3.23. The zero-order valence-corrected chi connectivity index (χ0v) is 12.2. The SMILES string of the molecule is CCCNCC1CCOC1c1ccc(F)c(Br)c1. The van der Waals surface area contributed by atoms with Crippen molar-refractivity contribution in [3.8, 4) is 0 Å². The molecule has 1 saturated heterocycles. The quantitative estimate of drug-likeness (QED) is 0.837. The average molecular weight is 316 g/mol. The highest BCUT2D eigenvalue weighted by molar-refractivity contribution is 9.10. The van der Waals surface area contributed by atoms with Gasteiger partial charge in [0.05, 0.1) is 10.6 Å². The molecule has 2 unspecified atom stereocenters. The molecule has 1 N–H and O–H groups in total. The first-order valence-corrected chi connectivity index (χ1v) is 7.29. The fraction of sp³-hybridized carbons (Fsp3) is 0.571. The van der Waals surface area contributed by atoms with Crippen molar-refractivity contribution in [1.29, 1.82) is 0 Å². The highest BCUT2D eigenvalue weighted by Gasteiger charge is 2.29. The molecule has 4 heteroatoms. The summed E-state index contributed by atoms with van der Waals surface area (Å²) in [5.41, 5.74) is 1.06. The van der Waals surface area contributed by atoms with Crippen LogP contribution in [-0.4, -0.2) is 19.7 Å². The fourth-order valence-electron chi connectivity index (χ4n) is 2.36. The predicted molar refractivity (Wildman–Crippen MR) is 74.1 cm³/mol. The minimum atomic E-state index is -0.225. The molecular formula is C14H19BrFNO. The lowest BCUT2D eigenvalue weighted by molar-refractivity contribution is 0.0904. The molecule has 1 aliphatic rings. The third kappa shape index (κ3) is 3.31. The van der Waals surface area contributed by atoms with Gasteiger partial charge in [-0.3, -0.25) is 0 Å². The van der Waals surface area contributed by atoms with Crippen LogP contribution in [0, 0.1) is 11.7 Å². The Hall–Kier alpha value is -0.450. The van der Waals surface area contributed by atoms with Crippen molar-refractivity contribution >= 4 is 15.9 Å². The second-order valence-corrected chi connectivity index (χ2v) is 5.57. The van der Waals surface area contributed by atoms with E-state index in [-0.39, 0.29) is 11.9 Å². The third-order valence-electron chi connectivity index (χ3n) is 3.32. The first-order valence-electron chi connectivity index (χ1n) is 6.49. The minimum absolute atomic E-state index is 0.0891. The van der Waals surface area contributed by atoms with Crippen molar-refractivity contribution in [3.63, 3.8) is 0 Å². The van der Waals surface area contributed by atoms with Crippen LogP contribution in [0.2, 0.25) is 0 Å². The maximum atomic E-state index is 13.2. The number of rotatable bonds is 5. The maximum Gasteiger partial charge on any atom is 0.137 e. The van der Waals surface area contributed by atoms with E-state index in [9.17, 15) is 4.39 Å². The first kappa shape index (κ1) is 14.0. The van der Waals surface area contributed by atoms with E-state index in [2.05, 4.69) is 28.2 Å². The molecule has 0 amide bonds. The van der Waals surface area contributed by atoms with Crippen molar-refractivity contribution < 1.29 is 9.13 Å². The molecule has 18 heavy (non-hydrogen) atoms. The fourth-order valence-corrected chi connectivity index (χ4v) is 2.76. The molecule has 1 aromatic carbocycles. The van der Waals surface area contributed by atoms with Crippen molar-refractivity contribution in [2.75, 3.05) is 19.7 Å². The molecule has 2 atom stereocenters. The normalized spacial score (nSPS) is 23.5. The van der Waals surface area contributed by atoms with E-state index in [1.165, 1.54) is 6.07 Å². The van der Waals surface area contributed by atoms with E-state index in [1.807, 2.05) is 12.1 Å². The Morgan fingerprint density at radius 2 is 2.33 bits per heavy atom. The lowest BCUT2D eigenvalue weighted by atomic mass is 9.95. The largest absolute Gasteiger partial charge is 0.373 e. The summed E-state index contributed by atoms with van der Waals surface area (Å²) in [7, 11) is 0. The van der Waals surface area contributed by atoms with Gasteiger partial charge in [-0.1, -0.05) is 13.0 Å². The molecule has 1 heterocycles. The summed E-state index contributed by atoms with van der Waals surface area (Å²) in [6.07, 6.45) is 2.29. The Kier molecular flexibility index (Phi) is 5.15. The number of hydrogen-bond donors (Lipinski definition) is 1. The molecule has 0 radical (unpaired) electrons. The van der Waals surface area contributed by atoms with E-state index >= 15 is 0 Å². The zero-order valence-electron chi connectivity index (χ0n) is 10.6. The Morgan fingerprint density at radius 3 is 3.06 bits per heavy atom. The summed E-state index contributed by atoms with van der Waals surface area (Å²) in [6.45, 7) is 4.95. The van der Waals surface area contributed by atoms with Crippen LogP contribution in [-0.2, 0) is 4.74 Å². The molecule has 100 valence electrons. The molecule has 2 nitrogen and oxygen atoms in total. The van der Waals surface area contributed by atoms with E-state index in [4.69, 9.17) is 4.74 Å². The summed E-state index contributed by atoms with van der Waals surface area (Å²) in [4.78, 5) is 0. The molecule has 0 bridgehead atoms. The number of nitrogens with one attached hydrogen (secondary N) is 1. The van der Waals surface area contributed by atoms with E-state index in [1.54, 1.807) is 0 Å². The number of ether oxygens (including phenoxy) is 1. The smallest absolute Gasteiger partial charge is 0.137 e. The lowest BCUT2D eigenvalue weighted by Gasteiger charge is -2.19. The summed E-state index contributed by atoms with van der Waals surface area (Å²) in [5, 5.41) is 3.44. The van der Waals surface area contributed by atoms with Gasteiger partial charge in [0.2, 0.25) is 0 Å². The first-order chi connectivity index (χ1) is 8.72. The second-order valence-electron chi connectivity index (χ2n) is 4.72. The Morgan fingerprint density at radius 1 is 1.50 bits per heavy atom. The van der Waals surface area contributed by atoms with Gasteiger partial charge < -0.3 is 10.1 Å². The molecule has 1 aliphatic heterocycles. The molecule has 0 aliphatic carbocycles. The van der Waals surface area contributed by atoms with Crippen LogP contribution in [0.25, 0.3) is 0 Å². The summed E-state index contributed by atoms with van der Waals surface area (Å²) in [5.74, 6) is 0.256. The van der Waals surface area contributed by atoms with Gasteiger partial charge in [0.25, 0.3) is 0 Å². The van der Waals surface area contributed by atoms with Gasteiger partial charge in [0, 0.05) is 19.1 Å². The number of hydrogen-bond acceptors (Lipinski definition) is 2. The van der Waals surface area contributed by atoms with Crippen molar-refractivity contribution in [2.24, 2.45) is 5.92 Å². The standard InChI is InChI=1S/C14H19BrFNO/c1-2-6-17-9-11-5-7-18-14(11)10-3-4-13(16)12(15)8-10/h3-4,8,11,14,17H,2,5-7,9H2,1H3. The summed E-state index contributed by atoms with van der Waals surface area (Å²) in [6, 6.07) is 5.15. The topological polar surface area (TPSA) is 21.3 Å². The van der Waals surface area contributed by atoms with Gasteiger partial charge in [-0.15, -0.1) is 0 Å². The molecule has 0 aromatic heterocycles. The van der Waals surface area contributed by atoms with Crippen molar-refractivity contribution in [1.82, 2.24) is 5.32 Å². The molecular weight excluding hydrogens is 297 g/mol. The third-order valence-corrected chi connectivity index (χ3v) is 3.93. The Balaban J connectivity index is 2.03. The molecule has 1 aromatic rings. The van der Waals surface area contributed by atoms with E-state index in [0.29, 0.717) is 10.4 Å². The van der Waals surface area contributed by atoms with Crippen LogP contribution in [0.15, 0.2) is 22.7 Å². The van der Waals surface area contributed by atoms with Crippen LogP contribution >= 0.6 is 15.9 Å². The van der Waals surface area contributed by atoms with Crippen LogP contribution < -0.4 is 5.32 Å². The zero-order chi connectivity index (χ0) is 13.0. The summed E-state index contributed by atoms with van der Waals surface area (Å²) < 4.78 is 19.5. The van der Waals surface area contributed by atoms with Gasteiger partial charge in [-0.25, -0.2) is 4.39 Å². The van der Waals surface area contributed by atoms with Gasteiger partial charge in [0.15, 0.2) is 0 Å². The minimum Gasteiger partial charge on any atom is -0.373 e. The Labute approximate surface area is 116 Å². The monoisotopic (exact) mass is 315 g/mol. The second kappa shape index (κ2) is 6.64. The molecule has 1 fully saturated rings. The maximum absolute atomic E-state index is 13.2.